The van der Waals surface area contributed by atoms with Crippen molar-refractivity contribution in [2.75, 3.05) is 30.5 Å². The zero-order chi connectivity index (χ0) is 33.8. The van der Waals surface area contributed by atoms with Crippen LogP contribution in [0, 0.1) is 0 Å². The minimum absolute atomic E-state index is 0.0458. The van der Waals surface area contributed by atoms with Crippen LogP contribution in [0.15, 0.2) is 77.9 Å². The summed E-state index contributed by atoms with van der Waals surface area (Å²) in [6.45, 7) is 0.297. The molecule has 2 aliphatic heterocycles. The maximum Gasteiger partial charge on any atom is 0.305 e. The van der Waals surface area contributed by atoms with E-state index in [0.717, 1.165) is 22.4 Å². The first-order chi connectivity index (χ1) is 23.2. The molecule has 0 fully saturated rings. The zero-order valence-corrected chi connectivity index (χ0v) is 26.6. The number of carboxylic acids is 1. The van der Waals surface area contributed by atoms with Gasteiger partial charge in [-0.1, -0.05) is 30.3 Å². The van der Waals surface area contributed by atoms with E-state index in [1.54, 1.807) is 53.1 Å². The summed E-state index contributed by atoms with van der Waals surface area (Å²) in [6, 6.07) is 20.1. The van der Waals surface area contributed by atoms with Crippen LogP contribution in [-0.2, 0) is 23.1 Å². The second-order valence-electron chi connectivity index (χ2n) is 11.6. The van der Waals surface area contributed by atoms with E-state index in [4.69, 9.17) is 14.6 Å². The summed E-state index contributed by atoms with van der Waals surface area (Å²) in [6.07, 6.45) is 4.84. The van der Waals surface area contributed by atoms with Gasteiger partial charge in [-0.15, -0.1) is 0 Å². The molecule has 12 heteroatoms. The molecule has 0 aliphatic carbocycles. The number of nitrogens with one attached hydrogen (secondary N) is 2. The summed E-state index contributed by atoms with van der Waals surface area (Å²) in [5, 5.41) is 14.3. The van der Waals surface area contributed by atoms with E-state index in [1.807, 2.05) is 42.6 Å². The second-order valence-corrected chi connectivity index (χ2v) is 11.6. The Morgan fingerprint density at radius 3 is 2.56 bits per heavy atom. The van der Waals surface area contributed by atoms with Gasteiger partial charge in [0.2, 0.25) is 5.91 Å². The van der Waals surface area contributed by atoms with Crippen molar-refractivity contribution in [3.05, 3.63) is 89.7 Å². The quantitative estimate of drug-likeness (QED) is 0.183. The van der Waals surface area contributed by atoms with Crippen LogP contribution < -0.4 is 25.0 Å². The number of nitrogens with zero attached hydrogens (tertiary/aromatic N) is 3. The Morgan fingerprint density at radius 1 is 1.00 bits per heavy atom. The highest BCUT2D eigenvalue weighted by Crippen LogP contribution is 2.40. The van der Waals surface area contributed by atoms with Crippen LogP contribution in [0.25, 0.3) is 11.1 Å². The van der Waals surface area contributed by atoms with Crippen LogP contribution in [0.2, 0.25) is 0 Å². The normalized spacial score (nSPS) is 14.4. The second kappa shape index (κ2) is 13.8. The lowest BCUT2D eigenvalue weighted by Crippen LogP contribution is -2.37. The molecule has 3 aromatic carbocycles. The standard InChI is InChI=1S/C36H35N5O7/c1-40-21-24(17-30(40)35(45)37-14-13-34(43)44)22-9-11-25(12-10-22)39-33(42)8-5-15-48-32-19-28-27(18-31(32)47-2)36(46)41-26(20-38-28)16-23-6-3-4-7-29(23)41/h3-4,6-7,9-12,17-21,26H,5,8,13-16H2,1-2H3,(H,37,45)(H,39,42)(H,43,44)/t26-/m0/s1. The molecule has 3 amide bonds. The number of benzene rings is 3. The van der Waals surface area contributed by atoms with Crippen LogP contribution in [0.3, 0.4) is 0 Å². The lowest BCUT2D eigenvalue weighted by atomic mass is 10.1. The summed E-state index contributed by atoms with van der Waals surface area (Å²) < 4.78 is 13.2. The van der Waals surface area contributed by atoms with E-state index in [9.17, 15) is 19.2 Å². The number of aromatic nitrogens is 1. The average molecular weight is 650 g/mol. The van der Waals surface area contributed by atoms with Gasteiger partial charge in [-0.05, 0) is 47.9 Å². The number of hydrogen-bond donors (Lipinski definition) is 3. The van der Waals surface area contributed by atoms with E-state index in [1.165, 1.54) is 7.11 Å². The molecule has 0 saturated heterocycles. The molecule has 0 radical (unpaired) electrons. The largest absolute Gasteiger partial charge is 0.493 e. The third kappa shape index (κ3) is 6.77. The minimum Gasteiger partial charge on any atom is -0.493 e. The summed E-state index contributed by atoms with van der Waals surface area (Å²) in [7, 11) is 3.26. The molecule has 246 valence electrons. The minimum atomic E-state index is -0.979. The SMILES string of the molecule is COc1cc2c(cc1OCCCC(=O)Nc1ccc(-c3cc(C(=O)NCCC(=O)O)n(C)c3)cc1)N=C[C@@H]1Cc3ccccc3N1C2=O. The van der Waals surface area contributed by atoms with Crippen molar-refractivity contribution < 1.29 is 33.8 Å². The summed E-state index contributed by atoms with van der Waals surface area (Å²) in [4.78, 5) is 55.8. The zero-order valence-electron chi connectivity index (χ0n) is 26.6. The van der Waals surface area contributed by atoms with Gasteiger partial charge in [0.25, 0.3) is 11.8 Å². The van der Waals surface area contributed by atoms with E-state index < -0.39 is 5.97 Å². The number of aliphatic imine (C=N–C) groups is 1. The topological polar surface area (TPSA) is 152 Å². The Hall–Kier alpha value is -5.91. The van der Waals surface area contributed by atoms with E-state index in [0.29, 0.717) is 47.0 Å². The Labute approximate surface area is 277 Å². The Balaban J connectivity index is 1.01. The first-order valence-electron chi connectivity index (χ1n) is 15.6. The molecule has 0 saturated carbocycles. The third-order valence-corrected chi connectivity index (χ3v) is 8.30. The Bertz CT molecular complexity index is 1910. The number of ether oxygens (including phenoxy) is 2. The van der Waals surface area contributed by atoms with E-state index in [2.05, 4.69) is 15.6 Å². The van der Waals surface area contributed by atoms with Crippen molar-refractivity contribution >= 4 is 47.0 Å². The number of amides is 3. The Morgan fingerprint density at radius 2 is 1.79 bits per heavy atom. The highest BCUT2D eigenvalue weighted by atomic mass is 16.5. The number of para-hydroxylation sites is 1. The first-order valence-corrected chi connectivity index (χ1v) is 15.6. The van der Waals surface area contributed by atoms with Gasteiger partial charge in [0.05, 0.1) is 37.4 Å². The number of hydrogen-bond acceptors (Lipinski definition) is 7. The molecule has 2 aliphatic rings. The van der Waals surface area contributed by atoms with Crippen molar-refractivity contribution in [1.29, 1.82) is 0 Å². The van der Waals surface area contributed by atoms with E-state index >= 15 is 0 Å². The molecular weight excluding hydrogens is 614 g/mol. The fourth-order valence-electron chi connectivity index (χ4n) is 5.89. The highest BCUT2D eigenvalue weighted by molar-refractivity contribution is 6.14. The lowest BCUT2D eigenvalue weighted by molar-refractivity contribution is -0.136. The number of aryl methyl sites for hydroxylation is 1. The maximum absolute atomic E-state index is 13.6. The van der Waals surface area contributed by atoms with Gasteiger partial charge in [0, 0.05) is 61.9 Å². The first kappa shape index (κ1) is 32.0. The molecule has 0 unspecified atom stereocenters. The van der Waals surface area contributed by atoms with Gasteiger partial charge < -0.3 is 29.8 Å². The summed E-state index contributed by atoms with van der Waals surface area (Å²) in [5.41, 5.74) is 5.65. The molecule has 48 heavy (non-hydrogen) atoms. The number of carboxylic acid groups (broad SMARTS) is 1. The van der Waals surface area contributed by atoms with Crippen molar-refractivity contribution in [3.8, 4) is 22.6 Å². The number of rotatable bonds is 12. The number of methoxy groups -OCH3 is 1. The van der Waals surface area contributed by atoms with Crippen LogP contribution in [0.1, 0.15) is 45.7 Å². The molecule has 3 N–H and O–H groups in total. The molecule has 1 atom stereocenters. The lowest BCUT2D eigenvalue weighted by Gasteiger charge is -2.22. The van der Waals surface area contributed by atoms with Crippen molar-refractivity contribution in [3.63, 3.8) is 0 Å². The van der Waals surface area contributed by atoms with Crippen molar-refractivity contribution in [2.45, 2.75) is 31.7 Å². The van der Waals surface area contributed by atoms with Crippen molar-refractivity contribution in [2.24, 2.45) is 12.0 Å². The van der Waals surface area contributed by atoms with Gasteiger partial charge >= 0.3 is 5.97 Å². The average Bonchev–Trinajstić information content (AvgIpc) is 3.62. The third-order valence-electron chi connectivity index (χ3n) is 8.30. The van der Waals surface area contributed by atoms with Gasteiger partial charge in [0.15, 0.2) is 11.5 Å². The molecule has 4 aromatic rings. The van der Waals surface area contributed by atoms with Gasteiger partial charge in [-0.2, -0.15) is 0 Å². The number of carbonyl (C=O) groups excluding carboxylic acids is 3. The predicted molar refractivity (Wildman–Crippen MR) is 181 cm³/mol. The molecule has 6 rings (SSSR count). The van der Waals surface area contributed by atoms with Crippen molar-refractivity contribution in [1.82, 2.24) is 9.88 Å². The fraction of sp³-hybridized carbons (Fsp3) is 0.250. The summed E-state index contributed by atoms with van der Waals surface area (Å²) >= 11 is 0. The molecule has 1 aromatic heterocycles. The summed E-state index contributed by atoms with van der Waals surface area (Å²) in [5.74, 6) is -0.783. The van der Waals surface area contributed by atoms with Gasteiger partial charge in [0.1, 0.15) is 5.69 Å². The number of anilines is 2. The monoisotopic (exact) mass is 649 g/mol. The number of fused-ring (bicyclic) bond motifs is 4. The molecule has 0 spiro atoms. The predicted octanol–water partition coefficient (Wildman–Crippen LogP) is 4.99. The molecular formula is C36H35N5O7. The van der Waals surface area contributed by atoms with Crippen LogP contribution >= 0.6 is 0 Å². The van der Waals surface area contributed by atoms with E-state index in [-0.39, 0.29) is 49.8 Å². The Kier molecular flexibility index (Phi) is 9.24. The molecule has 3 heterocycles. The smallest absolute Gasteiger partial charge is 0.305 e. The number of aliphatic carboxylic acids is 1. The number of carbonyl (C=O) groups is 4. The van der Waals surface area contributed by atoms with Crippen LogP contribution in [0.5, 0.6) is 11.5 Å². The fourth-order valence-corrected chi connectivity index (χ4v) is 5.89. The highest BCUT2D eigenvalue weighted by Gasteiger charge is 2.36. The molecule has 12 nitrogen and oxygen atoms in total. The van der Waals surface area contributed by atoms with Crippen LogP contribution in [-0.4, -0.2) is 65.9 Å². The van der Waals surface area contributed by atoms with Gasteiger partial charge in [-0.3, -0.25) is 29.1 Å². The van der Waals surface area contributed by atoms with Gasteiger partial charge in [-0.25, -0.2) is 0 Å². The molecule has 0 bridgehead atoms. The maximum atomic E-state index is 13.6. The van der Waals surface area contributed by atoms with Crippen LogP contribution in [0.4, 0.5) is 17.1 Å².